The zero-order chi connectivity index (χ0) is 47.3. The van der Waals surface area contributed by atoms with Crippen LogP contribution in [-0.2, 0) is 43.0 Å². The number of fused-ring (bicyclic) bond motifs is 7. The van der Waals surface area contributed by atoms with E-state index >= 15 is 4.79 Å². The lowest BCUT2D eigenvalue weighted by Gasteiger charge is -2.49. The zero-order valence-electron chi connectivity index (χ0n) is 40.8. The summed E-state index contributed by atoms with van der Waals surface area (Å²) in [5.74, 6) is 3.52. The van der Waals surface area contributed by atoms with Gasteiger partial charge in [0.15, 0.2) is 28.8 Å². The number of benzene rings is 4. The highest BCUT2D eigenvalue weighted by atomic mass is 16.7. The Labute approximate surface area is 402 Å². The Kier molecular flexibility index (Phi) is 15.3. The summed E-state index contributed by atoms with van der Waals surface area (Å²) >= 11 is 0. The molecule has 0 saturated carbocycles. The van der Waals surface area contributed by atoms with E-state index in [1.54, 1.807) is 28.4 Å². The van der Waals surface area contributed by atoms with Crippen molar-refractivity contribution in [3.8, 4) is 34.1 Å². The van der Waals surface area contributed by atoms with E-state index in [2.05, 4.69) is 89.5 Å². The molecule has 0 unspecified atom stereocenters. The minimum Gasteiger partial charge on any atom is -0.493 e. The fraction of sp³-hybridized carbons (Fsp3) is 0.518. The summed E-state index contributed by atoms with van der Waals surface area (Å²) in [5.41, 5.74) is 11.2. The normalized spacial score (nSPS) is 23.8. The molecule has 4 aromatic carbocycles. The van der Waals surface area contributed by atoms with Crippen molar-refractivity contribution < 1.29 is 47.8 Å². The van der Waals surface area contributed by atoms with Crippen LogP contribution in [0.1, 0.15) is 96.5 Å². The van der Waals surface area contributed by atoms with Crippen LogP contribution in [0.25, 0.3) is 11.1 Å². The van der Waals surface area contributed by atoms with E-state index in [0.29, 0.717) is 74.9 Å². The van der Waals surface area contributed by atoms with Gasteiger partial charge in [-0.05, 0) is 138 Å². The first-order valence-electron chi connectivity index (χ1n) is 24.8. The summed E-state index contributed by atoms with van der Waals surface area (Å²) in [6.07, 6.45) is 7.32. The number of nitrogens with zero attached hydrogens (tertiary/aromatic N) is 2. The van der Waals surface area contributed by atoms with Crippen LogP contribution in [0.4, 0.5) is 0 Å². The number of carbonyl (C=O) groups excluding carboxylic acids is 1. The SMILES string of the molecule is CCO[C@@H]1OC(C(=O)N2CCc3cc(OC)c(OC)cc3[C@H]2C[C@H]2C[C@H]3c4cc(OC)c(OC)cc4CCN3C[C@@H]2CC)=C[C@H](c2cccc3c2Cc2ccccc2-3)[C@H]1CCOCCOCCO. The Balaban J connectivity index is 1.08. The Hall–Kier alpha value is -5.11. The van der Waals surface area contributed by atoms with Gasteiger partial charge in [0.05, 0.1) is 60.9 Å². The largest absolute Gasteiger partial charge is 0.493 e. The molecular formula is C56H70N2O10. The maximum Gasteiger partial charge on any atom is 0.289 e. The maximum absolute atomic E-state index is 15.7. The molecule has 5 aliphatic rings. The maximum atomic E-state index is 15.7. The predicted molar refractivity (Wildman–Crippen MR) is 261 cm³/mol. The summed E-state index contributed by atoms with van der Waals surface area (Å²) in [6.45, 7) is 8.77. The van der Waals surface area contributed by atoms with Crippen molar-refractivity contribution in [3.05, 3.63) is 118 Å². The summed E-state index contributed by atoms with van der Waals surface area (Å²) < 4.78 is 48.3. The molecule has 4 heterocycles. The van der Waals surface area contributed by atoms with E-state index in [-0.39, 0.29) is 43.0 Å². The molecule has 364 valence electrons. The van der Waals surface area contributed by atoms with Crippen LogP contribution < -0.4 is 18.9 Å². The number of ether oxygens (including phenoxy) is 8. The number of aliphatic hydroxyl groups excluding tert-OH is 1. The fourth-order valence-electron chi connectivity index (χ4n) is 12.1. The fourth-order valence-corrected chi connectivity index (χ4v) is 12.1. The van der Waals surface area contributed by atoms with Crippen molar-refractivity contribution >= 4 is 5.91 Å². The highest BCUT2D eigenvalue weighted by Gasteiger charge is 2.45. The average molecular weight is 931 g/mol. The van der Waals surface area contributed by atoms with Crippen molar-refractivity contribution in [1.82, 2.24) is 9.80 Å². The van der Waals surface area contributed by atoms with Crippen LogP contribution in [0.2, 0.25) is 0 Å². The van der Waals surface area contributed by atoms with Gasteiger partial charge in [-0.25, -0.2) is 0 Å². The van der Waals surface area contributed by atoms with Gasteiger partial charge in [-0.1, -0.05) is 55.8 Å². The number of hydrogen-bond donors (Lipinski definition) is 1. The molecule has 12 nitrogen and oxygen atoms in total. The smallest absolute Gasteiger partial charge is 0.289 e. The second kappa shape index (κ2) is 21.7. The van der Waals surface area contributed by atoms with Gasteiger partial charge in [0.25, 0.3) is 5.91 Å². The summed E-state index contributed by atoms with van der Waals surface area (Å²) in [4.78, 5) is 20.5. The van der Waals surface area contributed by atoms with Gasteiger partial charge in [0, 0.05) is 50.7 Å². The van der Waals surface area contributed by atoms with Crippen LogP contribution in [0.3, 0.4) is 0 Å². The number of amides is 1. The standard InChI is InChI=1S/C56H70N2O10/c1-7-35-34-57-19-16-37-29-50(61-3)52(63-5)31-44(37)48(57)27-39(35)28-49-45-32-53(64-6)51(62-4)30-38(45)17-20-58(49)55(60)54-33-47(42-15-11-14-41-40-13-10-9-12-36(40)26-46(41)42)43(56(68-54)67-8-2)18-22-65-24-25-66-23-21-59/h9-15,29-33,35,39,43,47-49,56,59H,7-8,16-28,34H2,1-6H3/t35-,39+,43+,47+,48-,49+,56+/m0/s1. The third-order valence-corrected chi connectivity index (χ3v) is 15.5. The molecule has 1 N–H and O–H groups in total. The van der Waals surface area contributed by atoms with Crippen molar-refractivity contribution in [2.24, 2.45) is 17.8 Å². The average Bonchev–Trinajstić information content (AvgIpc) is 3.76. The third-order valence-electron chi connectivity index (χ3n) is 15.5. The molecule has 1 amide bonds. The van der Waals surface area contributed by atoms with E-state index in [4.69, 9.17) is 43.0 Å². The molecule has 1 saturated heterocycles. The predicted octanol–water partition coefficient (Wildman–Crippen LogP) is 8.85. The minimum absolute atomic E-state index is 0.0240. The summed E-state index contributed by atoms with van der Waals surface area (Å²) in [5, 5.41) is 9.17. The molecule has 0 spiro atoms. The van der Waals surface area contributed by atoms with Crippen LogP contribution in [0, 0.1) is 17.8 Å². The van der Waals surface area contributed by atoms with E-state index in [1.165, 1.54) is 44.5 Å². The van der Waals surface area contributed by atoms with Gasteiger partial charge in [-0.15, -0.1) is 0 Å². The molecule has 68 heavy (non-hydrogen) atoms. The van der Waals surface area contributed by atoms with Crippen molar-refractivity contribution in [2.45, 2.75) is 83.1 Å². The first-order valence-corrected chi connectivity index (χ1v) is 24.8. The molecule has 0 radical (unpaired) electrons. The van der Waals surface area contributed by atoms with Crippen molar-refractivity contribution in [1.29, 1.82) is 0 Å². The van der Waals surface area contributed by atoms with Gasteiger partial charge in [-0.2, -0.15) is 0 Å². The second-order valence-corrected chi connectivity index (χ2v) is 18.8. The molecule has 4 aliphatic heterocycles. The lowest BCUT2D eigenvalue weighted by Crippen LogP contribution is -2.48. The highest BCUT2D eigenvalue weighted by Crippen LogP contribution is 2.51. The molecule has 0 aromatic heterocycles. The quantitative estimate of drug-likeness (QED) is 0.0801. The topological polar surface area (TPSA) is 118 Å². The van der Waals surface area contributed by atoms with Crippen LogP contribution >= 0.6 is 0 Å². The zero-order valence-corrected chi connectivity index (χ0v) is 40.8. The van der Waals surface area contributed by atoms with Crippen molar-refractivity contribution in [2.75, 3.05) is 87.7 Å². The van der Waals surface area contributed by atoms with E-state index in [9.17, 15) is 0 Å². The molecule has 9 rings (SSSR count). The van der Waals surface area contributed by atoms with Gasteiger partial charge in [0.2, 0.25) is 6.29 Å². The van der Waals surface area contributed by atoms with Gasteiger partial charge < -0.3 is 47.9 Å². The number of hydrogen-bond acceptors (Lipinski definition) is 11. The Morgan fingerprint density at radius 3 is 2.13 bits per heavy atom. The number of piperidine rings is 1. The molecule has 12 heteroatoms. The minimum atomic E-state index is -0.682. The Bertz CT molecular complexity index is 2440. The molecule has 1 aliphatic carbocycles. The lowest BCUT2D eigenvalue weighted by molar-refractivity contribution is -0.173. The number of aliphatic hydroxyl groups is 1. The Morgan fingerprint density at radius 1 is 0.735 bits per heavy atom. The van der Waals surface area contributed by atoms with Crippen molar-refractivity contribution in [3.63, 3.8) is 0 Å². The first-order chi connectivity index (χ1) is 33.3. The third kappa shape index (κ3) is 9.47. The number of carbonyl (C=O) groups is 1. The first kappa shape index (κ1) is 47.9. The van der Waals surface area contributed by atoms with Crippen LogP contribution in [0.5, 0.6) is 23.0 Å². The number of rotatable bonds is 19. The molecular weight excluding hydrogens is 861 g/mol. The van der Waals surface area contributed by atoms with Gasteiger partial charge in [-0.3, -0.25) is 9.69 Å². The lowest BCUT2D eigenvalue weighted by atomic mass is 9.72. The molecule has 0 bridgehead atoms. The van der Waals surface area contributed by atoms with E-state index < -0.39 is 6.29 Å². The number of allylic oxidation sites excluding steroid dienone is 1. The van der Waals surface area contributed by atoms with Crippen LogP contribution in [0.15, 0.2) is 78.6 Å². The molecule has 4 aromatic rings. The monoisotopic (exact) mass is 931 g/mol. The summed E-state index contributed by atoms with van der Waals surface area (Å²) in [7, 11) is 6.77. The van der Waals surface area contributed by atoms with Crippen LogP contribution in [-0.4, -0.2) is 115 Å². The van der Waals surface area contributed by atoms with E-state index in [1.807, 2.05) is 6.92 Å². The van der Waals surface area contributed by atoms with E-state index in [0.717, 1.165) is 62.3 Å². The Morgan fingerprint density at radius 2 is 1.41 bits per heavy atom. The number of methoxy groups -OCH3 is 4. The van der Waals surface area contributed by atoms with Gasteiger partial charge in [0.1, 0.15) is 0 Å². The van der Waals surface area contributed by atoms with Gasteiger partial charge >= 0.3 is 0 Å². The molecule has 7 atom stereocenters. The summed E-state index contributed by atoms with van der Waals surface area (Å²) in [6, 6.07) is 23.8. The highest BCUT2D eigenvalue weighted by molar-refractivity contribution is 5.92. The molecule has 1 fully saturated rings. The second-order valence-electron chi connectivity index (χ2n) is 18.8.